The van der Waals surface area contributed by atoms with Gasteiger partial charge in [0.2, 0.25) is 5.91 Å². The highest BCUT2D eigenvalue weighted by Crippen LogP contribution is 2.36. The Morgan fingerprint density at radius 1 is 1.13 bits per heavy atom. The van der Waals surface area contributed by atoms with Gasteiger partial charge in [-0.1, -0.05) is 36.9 Å². The maximum atomic E-state index is 12.9. The Labute approximate surface area is 131 Å². The molecule has 1 N–H and O–H groups in total. The van der Waals surface area contributed by atoms with Crippen molar-refractivity contribution in [2.75, 3.05) is 5.32 Å². The average molecular weight is 321 g/mol. The van der Waals surface area contributed by atoms with E-state index in [1.54, 1.807) is 24.3 Å². The zero-order chi connectivity index (χ0) is 16.9. The molecule has 23 heavy (non-hydrogen) atoms. The summed E-state index contributed by atoms with van der Waals surface area (Å²) in [6.45, 7) is 3.24. The molecule has 0 aliphatic heterocycles. The monoisotopic (exact) mass is 321 g/mol. The van der Waals surface area contributed by atoms with Gasteiger partial charge in [0.1, 0.15) is 12.4 Å². The van der Waals surface area contributed by atoms with E-state index < -0.39 is 17.6 Å². The van der Waals surface area contributed by atoms with Crippen molar-refractivity contribution in [2.45, 2.75) is 12.8 Å². The lowest BCUT2D eigenvalue weighted by atomic mass is 10.1. The third-order valence-corrected chi connectivity index (χ3v) is 3.04. The molecule has 6 heteroatoms. The van der Waals surface area contributed by atoms with Crippen molar-refractivity contribution in [1.29, 1.82) is 0 Å². The first kappa shape index (κ1) is 16.6. The van der Waals surface area contributed by atoms with Crippen LogP contribution in [0.2, 0.25) is 0 Å². The number of rotatable bonds is 5. The molecule has 120 valence electrons. The maximum absolute atomic E-state index is 12.9. The van der Waals surface area contributed by atoms with Gasteiger partial charge in [-0.15, -0.1) is 0 Å². The number of hydrogen-bond acceptors (Lipinski definition) is 2. The molecule has 0 aliphatic rings. The van der Waals surface area contributed by atoms with E-state index in [9.17, 15) is 18.0 Å². The van der Waals surface area contributed by atoms with E-state index in [-0.39, 0.29) is 12.4 Å². The average Bonchev–Trinajstić information content (AvgIpc) is 2.53. The summed E-state index contributed by atoms with van der Waals surface area (Å²) >= 11 is 0. The predicted octanol–water partition coefficient (Wildman–Crippen LogP) is 4.41. The van der Waals surface area contributed by atoms with Gasteiger partial charge in [-0.25, -0.2) is 0 Å². The normalized spacial score (nSPS) is 10.9. The van der Waals surface area contributed by atoms with Crippen LogP contribution >= 0.6 is 0 Å². The standard InChI is InChI=1S/C17H14F3NO2/c1-2-16(22)21-14-9-5-3-7-12(14)11-23-15-10-6-4-8-13(15)17(18,19)20/h2-10H,1,11H2,(H,21,22). The van der Waals surface area contributed by atoms with Crippen LogP contribution in [0.1, 0.15) is 11.1 Å². The Balaban J connectivity index is 2.19. The highest BCUT2D eigenvalue weighted by Gasteiger charge is 2.34. The molecule has 0 spiro atoms. The van der Waals surface area contributed by atoms with Crippen LogP contribution in [0, 0.1) is 0 Å². The number of carbonyl (C=O) groups excluding carboxylic acids is 1. The minimum atomic E-state index is -4.49. The van der Waals surface area contributed by atoms with E-state index in [4.69, 9.17) is 4.74 Å². The number of nitrogens with one attached hydrogen (secondary N) is 1. The number of ether oxygens (including phenoxy) is 1. The summed E-state index contributed by atoms with van der Waals surface area (Å²) in [5.74, 6) is -0.669. The number of halogens is 3. The summed E-state index contributed by atoms with van der Waals surface area (Å²) in [4.78, 5) is 11.4. The van der Waals surface area contributed by atoms with Gasteiger partial charge in [-0.2, -0.15) is 13.2 Å². The van der Waals surface area contributed by atoms with E-state index in [1.165, 1.54) is 18.2 Å². The van der Waals surface area contributed by atoms with Crippen molar-refractivity contribution in [3.8, 4) is 5.75 Å². The predicted molar refractivity (Wildman–Crippen MR) is 81.0 cm³/mol. The number of anilines is 1. The van der Waals surface area contributed by atoms with Gasteiger partial charge in [-0.05, 0) is 24.3 Å². The molecule has 0 atom stereocenters. The second-order valence-corrected chi connectivity index (χ2v) is 4.63. The minimum Gasteiger partial charge on any atom is -0.488 e. The molecule has 3 nitrogen and oxygen atoms in total. The first-order chi connectivity index (χ1) is 10.9. The summed E-state index contributed by atoms with van der Waals surface area (Å²) in [7, 11) is 0. The largest absolute Gasteiger partial charge is 0.488 e. The van der Waals surface area contributed by atoms with Gasteiger partial charge in [-0.3, -0.25) is 4.79 Å². The Bertz CT molecular complexity index is 711. The van der Waals surface area contributed by atoms with Gasteiger partial charge < -0.3 is 10.1 Å². The zero-order valence-corrected chi connectivity index (χ0v) is 12.1. The molecule has 0 fully saturated rings. The van der Waals surface area contributed by atoms with E-state index in [0.29, 0.717) is 11.3 Å². The summed E-state index contributed by atoms with van der Waals surface area (Å²) in [6, 6.07) is 11.7. The highest BCUT2D eigenvalue weighted by molar-refractivity contribution is 5.99. The fraction of sp³-hybridized carbons (Fsp3) is 0.118. The third-order valence-electron chi connectivity index (χ3n) is 3.04. The van der Waals surface area contributed by atoms with Gasteiger partial charge in [0, 0.05) is 11.3 Å². The lowest BCUT2D eigenvalue weighted by molar-refractivity contribution is -0.139. The molecule has 0 heterocycles. The van der Waals surface area contributed by atoms with Crippen molar-refractivity contribution in [3.63, 3.8) is 0 Å². The van der Waals surface area contributed by atoms with E-state index in [0.717, 1.165) is 12.1 Å². The second kappa shape index (κ2) is 7.00. The van der Waals surface area contributed by atoms with Crippen LogP contribution < -0.4 is 10.1 Å². The summed E-state index contributed by atoms with van der Waals surface area (Å²) in [5, 5.41) is 2.58. The number of carbonyl (C=O) groups is 1. The van der Waals surface area contributed by atoms with Crippen LogP contribution in [0.3, 0.4) is 0 Å². The summed E-state index contributed by atoms with van der Waals surface area (Å²) < 4.78 is 44.1. The quantitative estimate of drug-likeness (QED) is 0.829. The van der Waals surface area contributed by atoms with Crippen molar-refractivity contribution >= 4 is 11.6 Å². The van der Waals surface area contributed by atoms with Gasteiger partial charge >= 0.3 is 6.18 Å². The van der Waals surface area contributed by atoms with E-state index in [2.05, 4.69) is 11.9 Å². The summed E-state index contributed by atoms with van der Waals surface area (Å²) in [5.41, 5.74) is 0.175. The lowest BCUT2D eigenvalue weighted by Gasteiger charge is -2.15. The molecule has 0 saturated heterocycles. The first-order valence-electron chi connectivity index (χ1n) is 6.72. The third kappa shape index (κ3) is 4.35. The van der Waals surface area contributed by atoms with Crippen LogP contribution in [0.5, 0.6) is 5.75 Å². The molecule has 0 bridgehead atoms. The molecule has 1 amide bonds. The topological polar surface area (TPSA) is 38.3 Å². The van der Waals surface area contributed by atoms with Crippen LogP contribution in [-0.2, 0) is 17.6 Å². The molecule has 0 aliphatic carbocycles. The number of hydrogen-bond donors (Lipinski definition) is 1. The smallest absolute Gasteiger partial charge is 0.419 e. The summed E-state index contributed by atoms with van der Waals surface area (Å²) in [6.07, 6.45) is -3.39. The van der Waals surface area contributed by atoms with Crippen molar-refractivity contribution < 1.29 is 22.7 Å². The molecule has 2 aromatic carbocycles. The van der Waals surface area contributed by atoms with Crippen molar-refractivity contribution in [3.05, 3.63) is 72.3 Å². The van der Waals surface area contributed by atoms with Gasteiger partial charge in [0.15, 0.2) is 0 Å². The maximum Gasteiger partial charge on any atom is 0.419 e. The van der Waals surface area contributed by atoms with Crippen LogP contribution in [-0.4, -0.2) is 5.91 Å². The van der Waals surface area contributed by atoms with Crippen LogP contribution in [0.25, 0.3) is 0 Å². The molecular weight excluding hydrogens is 307 g/mol. The Hall–Kier alpha value is -2.76. The molecule has 0 radical (unpaired) electrons. The number of amides is 1. The fourth-order valence-corrected chi connectivity index (χ4v) is 1.93. The molecular formula is C17H14F3NO2. The number of para-hydroxylation sites is 2. The van der Waals surface area contributed by atoms with E-state index in [1.807, 2.05) is 0 Å². The zero-order valence-electron chi connectivity index (χ0n) is 12.1. The lowest BCUT2D eigenvalue weighted by Crippen LogP contribution is -2.11. The number of benzene rings is 2. The van der Waals surface area contributed by atoms with Crippen molar-refractivity contribution in [1.82, 2.24) is 0 Å². The Kier molecular flexibility index (Phi) is 5.05. The fourth-order valence-electron chi connectivity index (χ4n) is 1.93. The van der Waals surface area contributed by atoms with Crippen LogP contribution in [0.4, 0.5) is 18.9 Å². The number of alkyl halides is 3. The Morgan fingerprint density at radius 2 is 1.78 bits per heavy atom. The Morgan fingerprint density at radius 3 is 2.48 bits per heavy atom. The van der Waals surface area contributed by atoms with Gasteiger partial charge in [0.05, 0.1) is 5.56 Å². The first-order valence-corrected chi connectivity index (χ1v) is 6.72. The molecule has 0 saturated carbocycles. The van der Waals surface area contributed by atoms with Crippen LogP contribution in [0.15, 0.2) is 61.2 Å². The SMILES string of the molecule is C=CC(=O)Nc1ccccc1COc1ccccc1C(F)(F)F. The van der Waals surface area contributed by atoms with Crippen molar-refractivity contribution in [2.24, 2.45) is 0 Å². The molecule has 2 rings (SSSR count). The van der Waals surface area contributed by atoms with E-state index >= 15 is 0 Å². The second-order valence-electron chi connectivity index (χ2n) is 4.63. The minimum absolute atomic E-state index is 0.110. The molecule has 2 aromatic rings. The molecule has 0 unspecified atom stereocenters. The molecule has 0 aromatic heterocycles. The highest BCUT2D eigenvalue weighted by atomic mass is 19.4. The van der Waals surface area contributed by atoms with Gasteiger partial charge in [0.25, 0.3) is 0 Å².